The number of hydrogen-bond donors (Lipinski definition) is 1. The zero-order valence-corrected chi connectivity index (χ0v) is 13.8. The Morgan fingerprint density at radius 3 is 2.74 bits per heavy atom. The Balaban J connectivity index is 1.94. The minimum absolute atomic E-state index is 0.0374. The number of anilines is 1. The smallest absolute Gasteiger partial charge is 0.251 e. The van der Waals surface area contributed by atoms with Crippen LogP contribution in [0.5, 0.6) is 0 Å². The average Bonchev–Trinajstić information content (AvgIpc) is 2.61. The minimum Gasteiger partial charge on any atom is -0.359 e. The summed E-state index contributed by atoms with van der Waals surface area (Å²) in [6.45, 7) is 3.65. The molecule has 5 nitrogen and oxygen atoms in total. The molecule has 0 bridgehead atoms. The van der Waals surface area contributed by atoms with E-state index in [0.717, 1.165) is 31.6 Å². The Labute approximate surface area is 137 Å². The van der Waals surface area contributed by atoms with Gasteiger partial charge in [-0.15, -0.1) is 0 Å². The Hall–Kier alpha value is -2.43. The summed E-state index contributed by atoms with van der Waals surface area (Å²) in [6.07, 6.45) is 8.26. The van der Waals surface area contributed by atoms with Gasteiger partial charge in [-0.05, 0) is 42.7 Å². The van der Waals surface area contributed by atoms with Gasteiger partial charge in [0.1, 0.15) is 5.82 Å². The van der Waals surface area contributed by atoms with Gasteiger partial charge < -0.3 is 10.2 Å². The molecule has 0 saturated carbocycles. The SMILES string of the molecule is CCCCNC(=O)c1ccnc(N(C)CCc2ccncc2)c1. The first-order chi connectivity index (χ1) is 11.2. The van der Waals surface area contributed by atoms with Crippen LogP contribution in [-0.4, -0.2) is 36.0 Å². The van der Waals surface area contributed by atoms with Gasteiger partial charge in [-0.25, -0.2) is 4.98 Å². The summed E-state index contributed by atoms with van der Waals surface area (Å²) in [5.41, 5.74) is 1.89. The highest BCUT2D eigenvalue weighted by Crippen LogP contribution is 2.12. The van der Waals surface area contributed by atoms with Crippen LogP contribution in [0.2, 0.25) is 0 Å². The third-order valence-corrected chi connectivity index (χ3v) is 3.70. The topological polar surface area (TPSA) is 58.1 Å². The van der Waals surface area contributed by atoms with Crippen molar-refractivity contribution in [3.63, 3.8) is 0 Å². The molecule has 0 radical (unpaired) electrons. The maximum atomic E-state index is 12.1. The predicted octanol–water partition coefficient (Wildman–Crippen LogP) is 2.69. The molecular formula is C18H24N4O. The van der Waals surface area contributed by atoms with Crippen LogP contribution in [0, 0.1) is 0 Å². The van der Waals surface area contributed by atoms with Crippen molar-refractivity contribution in [3.05, 3.63) is 54.0 Å². The lowest BCUT2D eigenvalue weighted by Gasteiger charge is -2.18. The number of carbonyl (C=O) groups is 1. The van der Waals surface area contributed by atoms with E-state index in [2.05, 4.69) is 27.1 Å². The molecule has 0 atom stereocenters. The van der Waals surface area contributed by atoms with Gasteiger partial charge in [-0.1, -0.05) is 13.3 Å². The summed E-state index contributed by atoms with van der Waals surface area (Å²) in [5, 5.41) is 2.93. The van der Waals surface area contributed by atoms with Gasteiger partial charge in [-0.2, -0.15) is 0 Å². The summed E-state index contributed by atoms with van der Waals surface area (Å²) in [7, 11) is 1.99. The van der Waals surface area contributed by atoms with Crippen LogP contribution in [0.25, 0.3) is 0 Å². The molecule has 0 fully saturated rings. The number of likely N-dealkylation sites (N-methyl/N-ethyl adjacent to an activating group) is 1. The molecule has 0 aliphatic carbocycles. The number of nitrogens with one attached hydrogen (secondary N) is 1. The van der Waals surface area contributed by atoms with E-state index in [1.165, 1.54) is 5.56 Å². The second kappa shape index (κ2) is 8.88. The fraction of sp³-hybridized carbons (Fsp3) is 0.389. The second-order valence-corrected chi connectivity index (χ2v) is 5.54. The molecule has 2 rings (SSSR count). The molecule has 1 amide bonds. The standard InChI is InChI=1S/C18H24N4O/c1-3-4-9-21-18(23)16-7-12-20-17(14-16)22(2)13-8-15-5-10-19-11-6-15/h5-7,10-12,14H,3-4,8-9,13H2,1-2H3,(H,21,23). The number of nitrogens with zero attached hydrogens (tertiary/aromatic N) is 3. The number of aromatic nitrogens is 2. The van der Waals surface area contributed by atoms with Crippen LogP contribution in [0.15, 0.2) is 42.9 Å². The maximum absolute atomic E-state index is 12.1. The number of pyridine rings is 2. The Kier molecular flexibility index (Phi) is 6.54. The Bertz CT molecular complexity index is 615. The molecule has 0 saturated heterocycles. The first kappa shape index (κ1) is 16.9. The zero-order chi connectivity index (χ0) is 16.5. The summed E-state index contributed by atoms with van der Waals surface area (Å²) in [6, 6.07) is 7.62. The second-order valence-electron chi connectivity index (χ2n) is 5.54. The predicted molar refractivity (Wildman–Crippen MR) is 92.7 cm³/mol. The zero-order valence-electron chi connectivity index (χ0n) is 13.8. The normalized spacial score (nSPS) is 10.3. The minimum atomic E-state index is -0.0374. The van der Waals surface area contributed by atoms with E-state index in [0.29, 0.717) is 12.1 Å². The fourth-order valence-electron chi connectivity index (χ4n) is 2.21. The number of unbranched alkanes of at least 4 members (excludes halogenated alkanes) is 1. The molecule has 1 N–H and O–H groups in total. The number of rotatable bonds is 8. The van der Waals surface area contributed by atoms with E-state index >= 15 is 0 Å². The van der Waals surface area contributed by atoms with E-state index in [9.17, 15) is 4.79 Å². The molecule has 0 aliphatic rings. The number of hydrogen-bond acceptors (Lipinski definition) is 4. The summed E-state index contributed by atoms with van der Waals surface area (Å²) in [5.74, 6) is 0.770. The van der Waals surface area contributed by atoms with Gasteiger partial charge in [0.2, 0.25) is 0 Å². The van der Waals surface area contributed by atoms with Crippen LogP contribution >= 0.6 is 0 Å². The van der Waals surface area contributed by atoms with Crippen molar-refractivity contribution in [1.29, 1.82) is 0 Å². The van der Waals surface area contributed by atoms with Crippen molar-refractivity contribution in [1.82, 2.24) is 15.3 Å². The first-order valence-corrected chi connectivity index (χ1v) is 8.05. The third-order valence-electron chi connectivity index (χ3n) is 3.70. The molecule has 122 valence electrons. The molecule has 2 aromatic heterocycles. The summed E-state index contributed by atoms with van der Waals surface area (Å²) >= 11 is 0. The van der Waals surface area contributed by atoms with E-state index < -0.39 is 0 Å². The highest BCUT2D eigenvalue weighted by atomic mass is 16.1. The van der Waals surface area contributed by atoms with E-state index in [1.807, 2.05) is 25.2 Å². The van der Waals surface area contributed by atoms with Gasteiger partial charge in [0.05, 0.1) is 0 Å². The third kappa shape index (κ3) is 5.36. The summed E-state index contributed by atoms with van der Waals surface area (Å²) < 4.78 is 0. The first-order valence-electron chi connectivity index (χ1n) is 8.05. The monoisotopic (exact) mass is 312 g/mol. The van der Waals surface area contributed by atoms with Gasteiger partial charge in [-0.3, -0.25) is 9.78 Å². The lowest BCUT2D eigenvalue weighted by molar-refractivity contribution is 0.0953. The number of carbonyl (C=O) groups excluding carboxylic acids is 1. The molecule has 2 aromatic rings. The number of amides is 1. The Morgan fingerprint density at radius 2 is 2.00 bits per heavy atom. The van der Waals surface area contributed by atoms with Crippen LogP contribution in [0.1, 0.15) is 35.7 Å². The van der Waals surface area contributed by atoms with E-state index in [1.54, 1.807) is 24.7 Å². The Morgan fingerprint density at radius 1 is 1.22 bits per heavy atom. The molecule has 0 unspecified atom stereocenters. The van der Waals surface area contributed by atoms with E-state index in [-0.39, 0.29) is 5.91 Å². The quantitative estimate of drug-likeness (QED) is 0.761. The van der Waals surface area contributed by atoms with Crippen molar-refractivity contribution in [2.75, 3.05) is 25.0 Å². The molecule has 0 aromatic carbocycles. The van der Waals surface area contributed by atoms with Crippen LogP contribution in [0.4, 0.5) is 5.82 Å². The van der Waals surface area contributed by atoms with Gasteiger partial charge in [0.15, 0.2) is 0 Å². The molecule has 0 spiro atoms. The molecule has 5 heteroatoms. The van der Waals surface area contributed by atoms with Gasteiger partial charge >= 0.3 is 0 Å². The lowest BCUT2D eigenvalue weighted by Crippen LogP contribution is -2.26. The van der Waals surface area contributed by atoms with Crippen LogP contribution < -0.4 is 10.2 Å². The highest BCUT2D eigenvalue weighted by Gasteiger charge is 2.09. The van der Waals surface area contributed by atoms with Crippen LogP contribution in [-0.2, 0) is 6.42 Å². The maximum Gasteiger partial charge on any atom is 0.251 e. The summed E-state index contributed by atoms with van der Waals surface area (Å²) in [4.78, 5) is 22.6. The molecule has 2 heterocycles. The molecule has 0 aliphatic heterocycles. The van der Waals surface area contributed by atoms with E-state index in [4.69, 9.17) is 0 Å². The van der Waals surface area contributed by atoms with Crippen molar-refractivity contribution in [3.8, 4) is 0 Å². The van der Waals surface area contributed by atoms with Crippen LogP contribution in [0.3, 0.4) is 0 Å². The average molecular weight is 312 g/mol. The molecular weight excluding hydrogens is 288 g/mol. The lowest BCUT2D eigenvalue weighted by atomic mass is 10.2. The van der Waals surface area contributed by atoms with Crippen molar-refractivity contribution < 1.29 is 4.79 Å². The highest BCUT2D eigenvalue weighted by molar-refractivity contribution is 5.94. The molecule has 23 heavy (non-hydrogen) atoms. The van der Waals surface area contributed by atoms with Crippen molar-refractivity contribution in [2.24, 2.45) is 0 Å². The van der Waals surface area contributed by atoms with Gasteiger partial charge in [0.25, 0.3) is 5.91 Å². The fourth-order valence-corrected chi connectivity index (χ4v) is 2.21. The largest absolute Gasteiger partial charge is 0.359 e. The van der Waals surface area contributed by atoms with Gasteiger partial charge in [0, 0.05) is 44.3 Å². The van der Waals surface area contributed by atoms with Crippen molar-refractivity contribution in [2.45, 2.75) is 26.2 Å². The van der Waals surface area contributed by atoms with Crippen molar-refractivity contribution >= 4 is 11.7 Å².